The SMILES string of the molecule is N#CC(C(=N)CS(=O)(=O)c1ccccc1)S(=O)(=O)c1ccccc1. The van der Waals surface area contributed by atoms with Crippen molar-refractivity contribution in [3.05, 3.63) is 60.7 Å². The fraction of sp³-hybridized carbons (Fsp3) is 0.125. The summed E-state index contributed by atoms with van der Waals surface area (Å²) < 4.78 is 49.5. The third kappa shape index (κ3) is 3.69. The molecular formula is C16H14N2O4S2. The van der Waals surface area contributed by atoms with Crippen LogP contribution in [0.5, 0.6) is 0 Å². The van der Waals surface area contributed by atoms with E-state index < -0.39 is 36.4 Å². The Hall–Kier alpha value is -2.50. The normalized spacial score (nSPS) is 13.0. The number of hydrogen-bond donors (Lipinski definition) is 1. The van der Waals surface area contributed by atoms with E-state index in [1.165, 1.54) is 54.6 Å². The number of benzene rings is 2. The maximum atomic E-state index is 12.5. The molecule has 1 N–H and O–H groups in total. The van der Waals surface area contributed by atoms with Gasteiger partial charge in [0.15, 0.2) is 24.9 Å². The van der Waals surface area contributed by atoms with Crippen LogP contribution in [-0.4, -0.2) is 33.6 Å². The molecule has 2 rings (SSSR count). The molecule has 0 aliphatic rings. The molecular weight excluding hydrogens is 348 g/mol. The molecule has 0 radical (unpaired) electrons. The average molecular weight is 362 g/mol. The van der Waals surface area contributed by atoms with Crippen LogP contribution in [0.15, 0.2) is 70.5 Å². The molecule has 0 aliphatic heterocycles. The lowest BCUT2D eigenvalue weighted by atomic mass is 10.3. The zero-order valence-corrected chi connectivity index (χ0v) is 14.1. The maximum Gasteiger partial charge on any atom is 0.200 e. The summed E-state index contributed by atoms with van der Waals surface area (Å²) in [4.78, 5) is -0.151. The summed E-state index contributed by atoms with van der Waals surface area (Å²) in [5.74, 6) is -0.832. The van der Waals surface area contributed by atoms with E-state index in [4.69, 9.17) is 5.41 Å². The van der Waals surface area contributed by atoms with Gasteiger partial charge in [0.05, 0.1) is 27.3 Å². The van der Waals surface area contributed by atoms with Crippen LogP contribution in [0.2, 0.25) is 0 Å². The van der Waals surface area contributed by atoms with E-state index in [-0.39, 0.29) is 9.79 Å². The third-order valence-corrected chi connectivity index (χ3v) is 6.88. The summed E-state index contributed by atoms with van der Waals surface area (Å²) >= 11 is 0. The van der Waals surface area contributed by atoms with E-state index in [2.05, 4.69) is 0 Å². The van der Waals surface area contributed by atoms with Gasteiger partial charge in [-0.25, -0.2) is 16.8 Å². The second-order valence-corrected chi connectivity index (χ2v) is 8.99. The van der Waals surface area contributed by atoms with Crippen LogP contribution in [0.1, 0.15) is 0 Å². The predicted molar refractivity (Wildman–Crippen MR) is 89.3 cm³/mol. The van der Waals surface area contributed by atoms with Gasteiger partial charge in [-0.2, -0.15) is 5.26 Å². The zero-order chi connectivity index (χ0) is 17.8. The molecule has 0 spiro atoms. The number of nitrogens with one attached hydrogen (secondary N) is 1. The Morgan fingerprint density at radius 2 is 1.38 bits per heavy atom. The van der Waals surface area contributed by atoms with Crippen molar-refractivity contribution in [2.45, 2.75) is 15.0 Å². The summed E-state index contributed by atoms with van der Waals surface area (Å²) in [7, 11) is -8.05. The highest BCUT2D eigenvalue weighted by Crippen LogP contribution is 2.18. The van der Waals surface area contributed by atoms with E-state index >= 15 is 0 Å². The minimum absolute atomic E-state index is 0.0245. The topological polar surface area (TPSA) is 116 Å². The standard InChI is InChI=1S/C16H14N2O4S2/c17-11-16(24(21,22)14-9-5-2-6-10-14)15(18)12-23(19,20)13-7-3-1-4-8-13/h1-10,16,18H,12H2. The van der Waals surface area contributed by atoms with Gasteiger partial charge in [-0.15, -0.1) is 0 Å². The highest BCUT2D eigenvalue weighted by atomic mass is 32.2. The summed E-state index contributed by atoms with van der Waals surface area (Å²) in [5, 5.41) is 15.2. The van der Waals surface area contributed by atoms with Crippen LogP contribution in [0.4, 0.5) is 0 Å². The number of nitriles is 1. The molecule has 0 aliphatic carbocycles. The van der Waals surface area contributed by atoms with Crippen LogP contribution in [-0.2, 0) is 19.7 Å². The monoisotopic (exact) mass is 362 g/mol. The first-order valence-corrected chi connectivity index (χ1v) is 10.0. The summed E-state index contributed by atoms with van der Waals surface area (Å²) in [5.41, 5.74) is -0.676. The molecule has 24 heavy (non-hydrogen) atoms. The number of sulfone groups is 2. The molecule has 2 aromatic rings. The van der Waals surface area contributed by atoms with Crippen molar-refractivity contribution in [1.29, 1.82) is 10.7 Å². The van der Waals surface area contributed by atoms with E-state index in [1.807, 2.05) is 0 Å². The number of nitrogens with zero attached hydrogens (tertiary/aromatic N) is 1. The first kappa shape index (κ1) is 17.8. The van der Waals surface area contributed by atoms with Crippen LogP contribution < -0.4 is 0 Å². The lowest BCUT2D eigenvalue weighted by molar-refractivity contribution is 0.596. The van der Waals surface area contributed by atoms with Gasteiger partial charge in [-0.3, -0.25) is 0 Å². The Labute approximate surface area is 140 Å². The first-order chi connectivity index (χ1) is 11.3. The highest BCUT2D eigenvalue weighted by molar-refractivity contribution is 7.94. The van der Waals surface area contributed by atoms with E-state index in [1.54, 1.807) is 12.1 Å². The summed E-state index contributed by atoms with van der Waals surface area (Å²) in [6.07, 6.45) is 0. The van der Waals surface area contributed by atoms with Gasteiger partial charge >= 0.3 is 0 Å². The first-order valence-electron chi connectivity index (χ1n) is 6.83. The van der Waals surface area contributed by atoms with Crippen molar-refractivity contribution in [3.8, 4) is 6.07 Å². The van der Waals surface area contributed by atoms with Crippen molar-refractivity contribution in [2.75, 3.05) is 5.75 Å². The Balaban J connectivity index is 2.33. The molecule has 124 valence electrons. The van der Waals surface area contributed by atoms with Crippen molar-refractivity contribution in [3.63, 3.8) is 0 Å². The van der Waals surface area contributed by atoms with E-state index in [0.29, 0.717) is 0 Å². The Bertz CT molecular complexity index is 977. The van der Waals surface area contributed by atoms with Crippen molar-refractivity contribution < 1.29 is 16.8 Å². The molecule has 2 aromatic carbocycles. The Morgan fingerprint density at radius 1 is 0.917 bits per heavy atom. The van der Waals surface area contributed by atoms with Crippen molar-refractivity contribution >= 4 is 25.4 Å². The van der Waals surface area contributed by atoms with Gasteiger partial charge < -0.3 is 5.41 Å². The Kier molecular flexibility index (Phi) is 5.17. The summed E-state index contributed by atoms with van der Waals surface area (Å²) in [6.45, 7) is 0. The van der Waals surface area contributed by atoms with Crippen molar-refractivity contribution in [1.82, 2.24) is 0 Å². The fourth-order valence-corrected chi connectivity index (χ4v) is 4.90. The van der Waals surface area contributed by atoms with Gasteiger partial charge in [0, 0.05) is 0 Å². The maximum absolute atomic E-state index is 12.5. The van der Waals surface area contributed by atoms with E-state index in [0.717, 1.165) is 0 Å². The fourth-order valence-electron chi connectivity index (χ4n) is 2.07. The Morgan fingerprint density at radius 3 is 1.83 bits per heavy atom. The molecule has 0 bridgehead atoms. The smallest absolute Gasteiger partial charge is 0.200 e. The predicted octanol–water partition coefficient (Wildman–Crippen LogP) is 1.85. The molecule has 0 amide bonds. The molecule has 1 unspecified atom stereocenters. The second-order valence-electron chi connectivity index (χ2n) is 4.96. The molecule has 1 atom stereocenters. The van der Waals surface area contributed by atoms with Gasteiger partial charge in [-0.05, 0) is 24.3 Å². The minimum Gasteiger partial charge on any atom is -0.306 e. The molecule has 0 fully saturated rings. The molecule has 0 saturated carbocycles. The molecule has 6 nitrogen and oxygen atoms in total. The molecule has 0 heterocycles. The highest BCUT2D eigenvalue weighted by Gasteiger charge is 2.33. The summed E-state index contributed by atoms with van der Waals surface area (Å²) in [6, 6.07) is 16.2. The van der Waals surface area contributed by atoms with Crippen molar-refractivity contribution in [2.24, 2.45) is 0 Å². The largest absolute Gasteiger partial charge is 0.306 e. The van der Waals surface area contributed by atoms with Gasteiger partial charge in [0.25, 0.3) is 0 Å². The molecule has 0 aromatic heterocycles. The van der Waals surface area contributed by atoms with Gasteiger partial charge in [0.1, 0.15) is 0 Å². The number of hydrogen-bond acceptors (Lipinski definition) is 6. The quantitative estimate of drug-likeness (QED) is 0.787. The lowest BCUT2D eigenvalue weighted by Crippen LogP contribution is -2.33. The minimum atomic E-state index is -4.16. The van der Waals surface area contributed by atoms with Crippen LogP contribution in [0, 0.1) is 16.7 Å². The second kappa shape index (κ2) is 6.95. The van der Waals surface area contributed by atoms with E-state index in [9.17, 15) is 22.1 Å². The molecule has 0 saturated heterocycles. The van der Waals surface area contributed by atoms with Crippen LogP contribution in [0.25, 0.3) is 0 Å². The van der Waals surface area contributed by atoms with Gasteiger partial charge in [-0.1, -0.05) is 36.4 Å². The average Bonchev–Trinajstić information content (AvgIpc) is 2.56. The number of rotatable bonds is 6. The van der Waals surface area contributed by atoms with Crippen LogP contribution in [0.3, 0.4) is 0 Å². The zero-order valence-electron chi connectivity index (χ0n) is 12.5. The molecule has 8 heteroatoms. The lowest BCUT2D eigenvalue weighted by Gasteiger charge is -2.12. The third-order valence-electron chi connectivity index (χ3n) is 3.26. The van der Waals surface area contributed by atoms with Gasteiger partial charge in [0.2, 0.25) is 0 Å². The van der Waals surface area contributed by atoms with Crippen LogP contribution >= 0.6 is 0 Å².